The Hall–Kier alpha value is -12.1. The van der Waals surface area contributed by atoms with Crippen LogP contribution in [-0.4, -0.2) is 19.5 Å². The molecule has 1 aliphatic rings. The van der Waals surface area contributed by atoms with Crippen LogP contribution in [0.25, 0.3) is 177 Å². The second-order valence-electron chi connectivity index (χ2n) is 24.1. The summed E-state index contributed by atoms with van der Waals surface area (Å²) < 4.78 is 9.63. The van der Waals surface area contributed by atoms with Crippen LogP contribution < -0.4 is 0 Å². The number of nitrogens with zero attached hydrogens (tertiary/aromatic N) is 4. The van der Waals surface area contributed by atoms with Crippen LogP contribution in [0.15, 0.2) is 320 Å². The van der Waals surface area contributed by atoms with Crippen LogP contribution in [0.4, 0.5) is 0 Å². The molecule has 17 aromatic rings. The van der Waals surface area contributed by atoms with E-state index in [0.29, 0.717) is 17.5 Å². The summed E-state index contributed by atoms with van der Waals surface area (Å²) in [7, 11) is 0. The number of rotatable bonds is 10. The normalized spacial score (nSPS) is 12.5. The van der Waals surface area contributed by atoms with Crippen LogP contribution in [0.2, 0.25) is 0 Å². The minimum atomic E-state index is 0.642. The largest absolute Gasteiger partial charge is 0.455 e. The summed E-state index contributed by atoms with van der Waals surface area (Å²) in [6, 6.07) is 108. The molecule has 0 saturated carbocycles. The standard InChI is InChI=1S/C87H56N4O/c1-4-20-55(21-5-1)65-42-45-82-78(50-65)74-38-14-15-39-81(74)91(82)69-43-40-56(41-44-69)59-26-16-31-64(46-59)68-51-75(84-80(52-68)79-53-76-72-36-12-10-34-70(72)71-35-11-13-37-73(71)77(76)54-83(79)92-84)66-32-18-29-62(48-66)60-27-17-28-61(47-60)63-30-19-33-67(49-63)87-89-85(57-22-6-2-7-23-57)88-86(90-87)58-24-8-3-9-25-58/h1-2,4-8,10-54H,3,9H2. The second-order valence-corrected chi connectivity index (χ2v) is 24.1. The second kappa shape index (κ2) is 21.9. The van der Waals surface area contributed by atoms with Gasteiger partial charge in [-0.1, -0.05) is 237 Å². The van der Waals surface area contributed by atoms with Crippen molar-refractivity contribution in [2.24, 2.45) is 0 Å². The van der Waals surface area contributed by atoms with Gasteiger partial charge in [0, 0.05) is 49.5 Å². The van der Waals surface area contributed by atoms with Gasteiger partial charge in [-0.25, -0.2) is 15.0 Å². The lowest BCUT2D eigenvalue weighted by atomic mass is 9.91. The van der Waals surface area contributed by atoms with Crippen molar-refractivity contribution in [3.8, 4) is 95.2 Å². The average molecular weight is 1170 g/mol. The van der Waals surface area contributed by atoms with Crippen molar-refractivity contribution in [2.75, 3.05) is 0 Å². The van der Waals surface area contributed by atoms with Gasteiger partial charge in [-0.3, -0.25) is 0 Å². The number of para-hydroxylation sites is 1. The molecule has 3 aromatic heterocycles. The third-order valence-electron chi connectivity index (χ3n) is 18.6. The Kier molecular flexibility index (Phi) is 12.6. The summed E-state index contributed by atoms with van der Waals surface area (Å²) >= 11 is 0. The quantitative estimate of drug-likeness (QED) is 0.128. The number of benzene rings is 14. The third kappa shape index (κ3) is 9.20. The summed E-state index contributed by atoms with van der Waals surface area (Å²) in [5.41, 5.74) is 21.5. The van der Waals surface area contributed by atoms with Gasteiger partial charge in [-0.15, -0.1) is 0 Å². The van der Waals surface area contributed by atoms with E-state index in [1.54, 1.807) is 0 Å². The predicted octanol–water partition coefficient (Wildman–Crippen LogP) is 23.4. The first kappa shape index (κ1) is 53.0. The Bertz CT molecular complexity index is 5870. The fraction of sp³-hybridized carbons (Fsp3) is 0.0230. The van der Waals surface area contributed by atoms with Crippen molar-refractivity contribution in [1.29, 1.82) is 0 Å². The molecule has 0 amide bonds. The molecule has 0 saturated heterocycles. The Morgan fingerprint density at radius 2 is 0.728 bits per heavy atom. The molecule has 92 heavy (non-hydrogen) atoms. The summed E-state index contributed by atoms with van der Waals surface area (Å²) in [5, 5.41) is 12.0. The highest BCUT2D eigenvalue weighted by molar-refractivity contribution is 6.28. The molecule has 0 aliphatic heterocycles. The molecule has 0 bridgehead atoms. The van der Waals surface area contributed by atoms with E-state index in [1.807, 2.05) is 18.2 Å². The van der Waals surface area contributed by atoms with Crippen molar-refractivity contribution in [3.05, 3.63) is 321 Å². The molecule has 0 atom stereocenters. The zero-order valence-corrected chi connectivity index (χ0v) is 50.1. The molecule has 5 nitrogen and oxygen atoms in total. The topological polar surface area (TPSA) is 56.7 Å². The molecule has 3 heterocycles. The van der Waals surface area contributed by atoms with E-state index in [1.165, 1.54) is 65.3 Å². The van der Waals surface area contributed by atoms with Gasteiger partial charge in [0.1, 0.15) is 11.2 Å². The maximum Gasteiger partial charge on any atom is 0.164 e. The summed E-state index contributed by atoms with van der Waals surface area (Å²) in [6.07, 6.45) is 8.52. The monoisotopic (exact) mass is 1170 g/mol. The molecule has 430 valence electrons. The van der Waals surface area contributed by atoms with Crippen molar-refractivity contribution in [3.63, 3.8) is 0 Å². The number of hydrogen-bond acceptors (Lipinski definition) is 4. The average Bonchev–Trinajstić information content (AvgIpc) is 1.44. The van der Waals surface area contributed by atoms with Crippen molar-refractivity contribution < 1.29 is 4.42 Å². The number of fused-ring (bicyclic) bond motifs is 12. The zero-order chi connectivity index (χ0) is 60.6. The van der Waals surface area contributed by atoms with E-state index < -0.39 is 0 Å². The number of furan rings is 1. The maximum atomic E-state index is 7.23. The lowest BCUT2D eigenvalue weighted by molar-refractivity contribution is 0.670. The Morgan fingerprint density at radius 1 is 0.272 bits per heavy atom. The van der Waals surface area contributed by atoms with E-state index >= 15 is 0 Å². The highest BCUT2D eigenvalue weighted by atomic mass is 16.3. The summed E-state index contributed by atoms with van der Waals surface area (Å²) in [4.78, 5) is 15.2. The Labute approximate surface area is 531 Å². The smallest absolute Gasteiger partial charge is 0.164 e. The van der Waals surface area contributed by atoms with Crippen molar-refractivity contribution in [1.82, 2.24) is 19.5 Å². The van der Waals surface area contributed by atoms with Gasteiger partial charge in [0.2, 0.25) is 0 Å². The van der Waals surface area contributed by atoms with Crippen LogP contribution in [-0.2, 0) is 0 Å². The van der Waals surface area contributed by atoms with Gasteiger partial charge in [-0.05, 0) is 185 Å². The van der Waals surface area contributed by atoms with Crippen LogP contribution >= 0.6 is 0 Å². The van der Waals surface area contributed by atoms with Gasteiger partial charge in [-0.2, -0.15) is 0 Å². The minimum absolute atomic E-state index is 0.642. The van der Waals surface area contributed by atoms with E-state index in [4.69, 9.17) is 19.4 Å². The summed E-state index contributed by atoms with van der Waals surface area (Å²) in [6.45, 7) is 0. The van der Waals surface area contributed by atoms with Crippen molar-refractivity contribution >= 4 is 81.6 Å². The highest BCUT2D eigenvalue weighted by Gasteiger charge is 2.21. The fourth-order valence-corrected chi connectivity index (χ4v) is 14.1. The first-order valence-corrected chi connectivity index (χ1v) is 31.6. The SMILES string of the molecule is C1=CC(c2nc(-c3ccccc3)nc(-c3cccc(-c4cccc(-c5cccc(-c6cc(-c7cccc(-c8ccc(-n9c%10ccccc%10c%10cc(-c%11ccccc%11)ccc%109)cc8)c7)cc7c6oc6cc8c9ccccc9c9ccccc9c8cc67)c5)c4)c3)n2)=CCC1. The van der Waals surface area contributed by atoms with Crippen LogP contribution in [0, 0.1) is 0 Å². The third-order valence-corrected chi connectivity index (χ3v) is 18.6. The van der Waals surface area contributed by atoms with Crippen LogP contribution in [0.5, 0.6) is 0 Å². The lowest BCUT2D eigenvalue weighted by Gasteiger charge is -2.13. The van der Waals surface area contributed by atoms with Gasteiger partial charge in [0.15, 0.2) is 17.5 Å². The highest BCUT2D eigenvalue weighted by Crippen LogP contribution is 2.46. The van der Waals surface area contributed by atoms with E-state index in [2.05, 4.69) is 302 Å². The number of aromatic nitrogens is 4. The minimum Gasteiger partial charge on any atom is -0.455 e. The van der Waals surface area contributed by atoms with Crippen LogP contribution in [0.3, 0.4) is 0 Å². The van der Waals surface area contributed by atoms with Gasteiger partial charge in [0.05, 0.1) is 11.0 Å². The number of allylic oxidation sites excluding steroid dienone is 4. The molecule has 5 heteroatoms. The Balaban J connectivity index is 0.743. The number of hydrogen-bond donors (Lipinski definition) is 0. The van der Waals surface area contributed by atoms with Gasteiger partial charge >= 0.3 is 0 Å². The van der Waals surface area contributed by atoms with E-state index in [-0.39, 0.29) is 0 Å². The van der Waals surface area contributed by atoms with Gasteiger partial charge in [0.25, 0.3) is 0 Å². The zero-order valence-electron chi connectivity index (χ0n) is 50.1. The molecule has 18 rings (SSSR count). The molecule has 0 fully saturated rings. The molecule has 1 aliphatic carbocycles. The Morgan fingerprint density at radius 3 is 1.38 bits per heavy atom. The maximum absolute atomic E-state index is 7.23. The molecule has 14 aromatic carbocycles. The predicted molar refractivity (Wildman–Crippen MR) is 384 cm³/mol. The molecule has 0 unspecified atom stereocenters. The van der Waals surface area contributed by atoms with E-state index in [0.717, 1.165) is 113 Å². The molecular formula is C87H56N4O. The molecule has 0 spiro atoms. The lowest BCUT2D eigenvalue weighted by Crippen LogP contribution is -2.03. The molecule has 0 radical (unpaired) electrons. The van der Waals surface area contributed by atoms with Crippen LogP contribution in [0.1, 0.15) is 18.7 Å². The van der Waals surface area contributed by atoms with E-state index in [9.17, 15) is 0 Å². The van der Waals surface area contributed by atoms with Gasteiger partial charge < -0.3 is 8.98 Å². The molecule has 0 N–H and O–H groups in total. The first-order chi connectivity index (χ1) is 45.6. The summed E-state index contributed by atoms with van der Waals surface area (Å²) in [5.74, 6) is 1.98. The fourth-order valence-electron chi connectivity index (χ4n) is 14.1. The molecular weight excluding hydrogens is 1120 g/mol. The van der Waals surface area contributed by atoms with Crippen molar-refractivity contribution in [2.45, 2.75) is 12.8 Å². The first-order valence-electron chi connectivity index (χ1n) is 31.6.